The molecule has 0 bridgehead atoms. The Bertz CT molecular complexity index is 348. The van der Waals surface area contributed by atoms with Crippen LogP contribution in [0.4, 0.5) is 0 Å². The van der Waals surface area contributed by atoms with Crippen molar-refractivity contribution in [3.8, 4) is 0 Å². The van der Waals surface area contributed by atoms with E-state index in [2.05, 4.69) is 0 Å². The summed E-state index contributed by atoms with van der Waals surface area (Å²) in [6.45, 7) is 1.99. The molecule has 2 rings (SSSR count). The van der Waals surface area contributed by atoms with Gasteiger partial charge in [-0.2, -0.15) is 0 Å². The summed E-state index contributed by atoms with van der Waals surface area (Å²) in [5.41, 5.74) is 0. The number of hydrogen-bond donors (Lipinski definition) is 0. The van der Waals surface area contributed by atoms with Crippen molar-refractivity contribution in [2.45, 2.75) is 31.3 Å². The van der Waals surface area contributed by atoms with E-state index in [0.29, 0.717) is 26.1 Å². The molecule has 19 heavy (non-hydrogen) atoms. The molecule has 0 aromatic rings. The van der Waals surface area contributed by atoms with E-state index < -0.39 is 0 Å². The molecule has 0 radical (unpaired) electrons. The Balaban J connectivity index is 2.03. The second kappa shape index (κ2) is 6.34. The highest BCUT2D eigenvalue weighted by atomic mass is 16.5. The number of amides is 2. The zero-order chi connectivity index (χ0) is 13.8. The lowest BCUT2D eigenvalue weighted by Gasteiger charge is -2.39. The third-order valence-corrected chi connectivity index (χ3v) is 4.01. The number of carbonyl (C=O) groups is 2. The number of methoxy groups -OCH3 is 2. The SMILES string of the molecule is COCCN1C(=O)CC[C@H]2[C@@H]1CCN2C(=O)COC. The van der Waals surface area contributed by atoms with Gasteiger partial charge in [0.05, 0.1) is 18.7 Å². The molecule has 108 valence electrons. The zero-order valence-electron chi connectivity index (χ0n) is 11.6. The number of piperidine rings is 1. The highest BCUT2D eigenvalue weighted by Gasteiger charge is 2.44. The predicted molar refractivity (Wildman–Crippen MR) is 68.6 cm³/mol. The van der Waals surface area contributed by atoms with Crippen LogP contribution in [0.2, 0.25) is 0 Å². The van der Waals surface area contributed by atoms with Crippen LogP contribution in [0.5, 0.6) is 0 Å². The molecule has 2 saturated heterocycles. The van der Waals surface area contributed by atoms with Crippen molar-refractivity contribution < 1.29 is 19.1 Å². The molecule has 2 amide bonds. The van der Waals surface area contributed by atoms with Crippen LogP contribution in [-0.2, 0) is 19.1 Å². The lowest BCUT2D eigenvalue weighted by Crippen LogP contribution is -2.54. The first-order valence-electron chi connectivity index (χ1n) is 6.76. The molecular formula is C13H22N2O4. The van der Waals surface area contributed by atoms with Crippen molar-refractivity contribution in [1.82, 2.24) is 9.80 Å². The van der Waals surface area contributed by atoms with Crippen LogP contribution in [0.3, 0.4) is 0 Å². The van der Waals surface area contributed by atoms with E-state index >= 15 is 0 Å². The summed E-state index contributed by atoms with van der Waals surface area (Å²) in [6, 6.07) is 0.300. The second-order valence-electron chi connectivity index (χ2n) is 5.06. The maximum atomic E-state index is 12.0. The molecule has 2 atom stereocenters. The third-order valence-electron chi connectivity index (χ3n) is 4.01. The van der Waals surface area contributed by atoms with Gasteiger partial charge in [0.2, 0.25) is 11.8 Å². The van der Waals surface area contributed by atoms with Gasteiger partial charge in [-0.3, -0.25) is 9.59 Å². The maximum absolute atomic E-state index is 12.0. The average Bonchev–Trinajstić information content (AvgIpc) is 2.82. The molecule has 0 spiro atoms. The first kappa shape index (κ1) is 14.3. The number of likely N-dealkylation sites (tertiary alicyclic amines) is 2. The van der Waals surface area contributed by atoms with Crippen molar-refractivity contribution in [3.63, 3.8) is 0 Å². The van der Waals surface area contributed by atoms with Crippen LogP contribution in [0.15, 0.2) is 0 Å². The van der Waals surface area contributed by atoms with Gasteiger partial charge in [-0.25, -0.2) is 0 Å². The molecule has 6 nitrogen and oxygen atoms in total. The second-order valence-corrected chi connectivity index (χ2v) is 5.06. The molecule has 2 aliphatic rings. The molecule has 6 heteroatoms. The van der Waals surface area contributed by atoms with Crippen LogP contribution in [0, 0.1) is 0 Å². The summed E-state index contributed by atoms with van der Waals surface area (Å²) in [4.78, 5) is 27.7. The van der Waals surface area contributed by atoms with E-state index in [9.17, 15) is 9.59 Å². The highest BCUT2D eigenvalue weighted by Crippen LogP contribution is 2.31. The van der Waals surface area contributed by atoms with Crippen molar-refractivity contribution in [3.05, 3.63) is 0 Å². The number of hydrogen-bond acceptors (Lipinski definition) is 4. The Kier molecular flexibility index (Phi) is 4.76. The quantitative estimate of drug-likeness (QED) is 0.698. The largest absolute Gasteiger partial charge is 0.383 e. The van der Waals surface area contributed by atoms with Gasteiger partial charge in [-0.05, 0) is 12.8 Å². The van der Waals surface area contributed by atoms with Gasteiger partial charge >= 0.3 is 0 Å². The van der Waals surface area contributed by atoms with E-state index in [0.717, 1.165) is 12.8 Å². The molecule has 0 aromatic heterocycles. The summed E-state index contributed by atoms with van der Waals surface area (Å²) in [6.07, 6.45) is 2.14. The van der Waals surface area contributed by atoms with Crippen molar-refractivity contribution in [2.75, 3.05) is 40.5 Å². The first-order valence-corrected chi connectivity index (χ1v) is 6.76. The maximum Gasteiger partial charge on any atom is 0.248 e. The van der Waals surface area contributed by atoms with Crippen molar-refractivity contribution >= 4 is 11.8 Å². The van der Waals surface area contributed by atoms with E-state index in [4.69, 9.17) is 9.47 Å². The fourth-order valence-electron chi connectivity index (χ4n) is 3.15. The summed E-state index contributed by atoms with van der Waals surface area (Å²) in [5.74, 6) is 0.204. The minimum atomic E-state index is 0.0241. The fraction of sp³-hybridized carbons (Fsp3) is 0.846. The minimum absolute atomic E-state index is 0.0241. The van der Waals surface area contributed by atoms with Gasteiger partial charge in [-0.15, -0.1) is 0 Å². The van der Waals surface area contributed by atoms with E-state index in [-0.39, 0.29) is 30.5 Å². The molecule has 0 unspecified atom stereocenters. The molecule has 0 aliphatic carbocycles. The third kappa shape index (κ3) is 2.90. The molecular weight excluding hydrogens is 248 g/mol. The van der Waals surface area contributed by atoms with E-state index in [1.807, 2.05) is 9.80 Å². The zero-order valence-corrected chi connectivity index (χ0v) is 11.6. The normalized spacial score (nSPS) is 26.7. The monoisotopic (exact) mass is 270 g/mol. The lowest BCUT2D eigenvalue weighted by atomic mass is 9.96. The van der Waals surface area contributed by atoms with Crippen LogP contribution in [0.25, 0.3) is 0 Å². The molecule has 0 saturated carbocycles. The topological polar surface area (TPSA) is 59.1 Å². The smallest absolute Gasteiger partial charge is 0.248 e. The predicted octanol–water partition coefficient (Wildman–Crippen LogP) is -0.129. The summed E-state index contributed by atoms with van der Waals surface area (Å²) >= 11 is 0. The number of nitrogens with zero attached hydrogens (tertiary/aromatic N) is 2. The number of carbonyl (C=O) groups excluding carboxylic acids is 2. The Hall–Kier alpha value is -1.14. The molecule has 2 aliphatic heterocycles. The fourth-order valence-corrected chi connectivity index (χ4v) is 3.15. The van der Waals surface area contributed by atoms with E-state index in [1.165, 1.54) is 7.11 Å². The Morgan fingerprint density at radius 3 is 2.74 bits per heavy atom. The molecule has 0 aromatic carbocycles. The van der Waals surface area contributed by atoms with Crippen molar-refractivity contribution in [1.29, 1.82) is 0 Å². The van der Waals surface area contributed by atoms with Gasteiger partial charge < -0.3 is 19.3 Å². The number of fused-ring (bicyclic) bond motifs is 1. The minimum Gasteiger partial charge on any atom is -0.383 e. The first-order chi connectivity index (χ1) is 9.19. The van der Waals surface area contributed by atoms with Crippen LogP contribution < -0.4 is 0 Å². The lowest BCUT2D eigenvalue weighted by molar-refractivity contribution is -0.144. The van der Waals surface area contributed by atoms with E-state index in [1.54, 1.807) is 7.11 Å². The average molecular weight is 270 g/mol. The highest BCUT2D eigenvalue weighted by molar-refractivity contribution is 5.81. The molecule has 2 heterocycles. The van der Waals surface area contributed by atoms with Gasteiger partial charge in [0.15, 0.2) is 0 Å². The van der Waals surface area contributed by atoms with Gasteiger partial charge in [0.1, 0.15) is 6.61 Å². The number of ether oxygens (including phenoxy) is 2. The number of rotatable bonds is 5. The summed E-state index contributed by atoms with van der Waals surface area (Å²) in [7, 11) is 3.16. The van der Waals surface area contributed by atoms with Crippen molar-refractivity contribution in [2.24, 2.45) is 0 Å². The Morgan fingerprint density at radius 1 is 1.26 bits per heavy atom. The van der Waals surface area contributed by atoms with Crippen LogP contribution in [-0.4, -0.2) is 74.2 Å². The van der Waals surface area contributed by atoms with Gasteiger partial charge in [0.25, 0.3) is 0 Å². The van der Waals surface area contributed by atoms with Crippen LogP contribution >= 0.6 is 0 Å². The summed E-state index contributed by atoms with van der Waals surface area (Å²) in [5, 5.41) is 0. The molecule has 0 N–H and O–H groups in total. The standard InChI is InChI=1S/C13H22N2O4/c1-18-8-7-15-11-5-6-14(13(17)9-19-2)10(11)3-4-12(15)16/h10-11H,3-9H2,1-2H3/t10-,11-/m0/s1. The Morgan fingerprint density at radius 2 is 2.05 bits per heavy atom. The Labute approximate surface area is 113 Å². The van der Waals surface area contributed by atoms with Gasteiger partial charge in [-0.1, -0.05) is 0 Å². The van der Waals surface area contributed by atoms with Crippen LogP contribution in [0.1, 0.15) is 19.3 Å². The molecule has 2 fully saturated rings. The summed E-state index contributed by atoms with van der Waals surface area (Å²) < 4.78 is 9.98. The van der Waals surface area contributed by atoms with Gasteiger partial charge in [0, 0.05) is 33.7 Å².